The molecule has 1 N–H and O–H groups in total. The topological polar surface area (TPSA) is 140 Å². The lowest BCUT2D eigenvalue weighted by atomic mass is 10.1. The van der Waals surface area contributed by atoms with Crippen LogP contribution in [0.15, 0.2) is 40.5 Å². The number of benzene rings is 1. The number of anilines is 1. The van der Waals surface area contributed by atoms with Crippen LogP contribution in [0.1, 0.15) is 36.6 Å². The zero-order valence-corrected chi connectivity index (χ0v) is 24.1. The maximum Gasteiger partial charge on any atom is 0.409 e. The van der Waals surface area contributed by atoms with Crippen LogP contribution in [0.5, 0.6) is 0 Å². The lowest BCUT2D eigenvalue weighted by Gasteiger charge is -2.38. The first kappa shape index (κ1) is 28.5. The molecule has 1 aromatic carbocycles. The van der Waals surface area contributed by atoms with Crippen LogP contribution in [0.25, 0.3) is 0 Å². The van der Waals surface area contributed by atoms with Crippen LogP contribution in [0.2, 0.25) is 0 Å². The van der Waals surface area contributed by atoms with Crippen LogP contribution in [0, 0.1) is 0 Å². The van der Waals surface area contributed by atoms with Gasteiger partial charge in [0.05, 0.1) is 30.5 Å². The average molecular weight is 592 g/mol. The fourth-order valence-corrected chi connectivity index (χ4v) is 7.13. The number of nitrogens with one attached hydrogen (secondary N) is 1. The smallest absolute Gasteiger partial charge is 0.409 e. The van der Waals surface area contributed by atoms with Crippen LogP contribution in [0.3, 0.4) is 0 Å². The fourth-order valence-electron chi connectivity index (χ4n) is 4.64. The number of nitrogens with zero attached hydrogens (tertiary/aromatic N) is 4. The summed E-state index contributed by atoms with van der Waals surface area (Å²) in [5.41, 5.74) is 0.451. The molecule has 2 aliphatic heterocycles. The summed E-state index contributed by atoms with van der Waals surface area (Å²) < 4.78 is 35.3. The highest BCUT2D eigenvalue weighted by Crippen LogP contribution is 2.33. The Labute approximate surface area is 237 Å². The van der Waals surface area contributed by atoms with Crippen molar-refractivity contribution in [3.63, 3.8) is 0 Å². The molecule has 1 saturated carbocycles. The van der Waals surface area contributed by atoms with Gasteiger partial charge in [-0.15, -0.1) is 11.3 Å². The van der Waals surface area contributed by atoms with Crippen molar-refractivity contribution in [3.8, 4) is 0 Å². The monoisotopic (exact) mass is 591 g/mol. The van der Waals surface area contributed by atoms with Gasteiger partial charge in [0, 0.05) is 55.3 Å². The van der Waals surface area contributed by atoms with Crippen LogP contribution in [0.4, 0.5) is 9.93 Å². The summed E-state index contributed by atoms with van der Waals surface area (Å²) >= 11 is 1.36. The van der Waals surface area contributed by atoms with Gasteiger partial charge in [-0.2, -0.15) is 0 Å². The minimum absolute atomic E-state index is 0.0200. The van der Waals surface area contributed by atoms with Crippen molar-refractivity contribution in [3.05, 3.63) is 40.9 Å². The number of hydrogen-bond donors (Lipinski definition) is 1. The predicted molar refractivity (Wildman–Crippen MR) is 148 cm³/mol. The highest BCUT2D eigenvalue weighted by Gasteiger charge is 2.37. The molecule has 0 spiro atoms. The van der Waals surface area contributed by atoms with Gasteiger partial charge in [0.1, 0.15) is 0 Å². The predicted octanol–water partition coefficient (Wildman–Crippen LogP) is 2.50. The Morgan fingerprint density at radius 3 is 2.62 bits per heavy atom. The van der Waals surface area contributed by atoms with E-state index < -0.39 is 15.7 Å². The highest BCUT2D eigenvalue weighted by molar-refractivity contribution is 7.92. The fraction of sp³-hybridized carbons (Fsp3) is 0.538. The van der Waals surface area contributed by atoms with E-state index >= 15 is 0 Å². The summed E-state index contributed by atoms with van der Waals surface area (Å²) in [6.45, 7) is 5.48. The number of hydrogen-bond acceptors (Lipinski definition) is 11. The lowest BCUT2D eigenvalue weighted by molar-refractivity contribution is -0.110. The summed E-state index contributed by atoms with van der Waals surface area (Å²) in [6, 6.07) is 6.30. The van der Waals surface area contributed by atoms with E-state index in [-0.39, 0.29) is 34.1 Å². The third-order valence-corrected chi connectivity index (χ3v) is 10.3. The molecule has 3 heterocycles. The van der Waals surface area contributed by atoms with Gasteiger partial charge in [-0.3, -0.25) is 15.0 Å². The summed E-state index contributed by atoms with van der Waals surface area (Å²) in [6.07, 6.45) is 3.16. The number of piperazine rings is 1. The second kappa shape index (κ2) is 12.2. The molecule has 216 valence electrons. The summed E-state index contributed by atoms with van der Waals surface area (Å²) in [7, 11) is -1.97. The molecule has 14 heteroatoms. The molecular formula is C26H33N5O7S2. The van der Waals surface area contributed by atoms with E-state index in [1.165, 1.54) is 30.6 Å². The summed E-state index contributed by atoms with van der Waals surface area (Å²) in [5.74, 6) is -0.516. The molecule has 5 rings (SSSR count). The maximum absolute atomic E-state index is 13.3. The molecule has 1 aliphatic carbocycles. The van der Waals surface area contributed by atoms with E-state index in [4.69, 9.17) is 14.3 Å². The van der Waals surface area contributed by atoms with Crippen molar-refractivity contribution < 1.29 is 32.3 Å². The van der Waals surface area contributed by atoms with Gasteiger partial charge >= 0.3 is 6.09 Å². The van der Waals surface area contributed by atoms with E-state index in [2.05, 4.69) is 27.3 Å². The van der Waals surface area contributed by atoms with E-state index in [9.17, 15) is 18.0 Å². The minimum atomic E-state index is -3.35. The van der Waals surface area contributed by atoms with Gasteiger partial charge in [0.15, 0.2) is 26.8 Å². The number of methoxy groups -OCH3 is 1. The van der Waals surface area contributed by atoms with Crippen molar-refractivity contribution in [1.29, 1.82) is 0 Å². The molecular weight excluding hydrogens is 558 g/mol. The number of rotatable bonds is 9. The SMILES string of the molecule is COC(=O)N1CCN(Cc2cnc(NC(=O)C(=NO[C@@H]3CCOC3)c3ccc(S(=O)(=O)C4CC4)cc3)s2)[C@@H](C)C1. The van der Waals surface area contributed by atoms with Crippen LogP contribution >= 0.6 is 11.3 Å². The molecule has 2 aromatic rings. The van der Waals surface area contributed by atoms with Crippen molar-refractivity contribution in [2.45, 2.75) is 55.0 Å². The average Bonchev–Trinajstić information content (AvgIpc) is 3.53. The highest BCUT2D eigenvalue weighted by atomic mass is 32.2. The lowest BCUT2D eigenvalue weighted by Crippen LogP contribution is -2.53. The Kier molecular flexibility index (Phi) is 8.68. The van der Waals surface area contributed by atoms with Gasteiger partial charge < -0.3 is 19.2 Å². The second-order valence-corrected chi connectivity index (χ2v) is 13.5. The van der Waals surface area contributed by atoms with Crippen molar-refractivity contribution in [1.82, 2.24) is 14.8 Å². The van der Waals surface area contributed by atoms with Crippen LogP contribution < -0.4 is 5.32 Å². The largest absolute Gasteiger partial charge is 0.453 e. The molecule has 40 heavy (non-hydrogen) atoms. The first-order valence-electron chi connectivity index (χ1n) is 13.2. The Morgan fingerprint density at radius 1 is 1.20 bits per heavy atom. The number of aromatic nitrogens is 1. The molecule has 2 amide bonds. The second-order valence-electron chi connectivity index (χ2n) is 10.1. The van der Waals surface area contributed by atoms with E-state index in [0.717, 1.165) is 4.88 Å². The Hall–Kier alpha value is -3.07. The summed E-state index contributed by atoms with van der Waals surface area (Å²) in [5, 5.41) is 7.05. The Bertz CT molecular complexity index is 1350. The first-order chi connectivity index (χ1) is 19.2. The van der Waals surface area contributed by atoms with E-state index in [1.807, 2.05) is 0 Å². The molecule has 3 fully saturated rings. The zero-order chi connectivity index (χ0) is 28.3. The van der Waals surface area contributed by atoms with Crippen molar-refractivity contribution in [2.24, 2.45) is 5.16 Å². The van der Waals surface area contributed by atoms with Gasteiger partial charge in [0.2, 0.25) is 0 Å². The Morgan fingerprint density at radius 2 is 1.98 bits per heavy atom. The third kappa shape index (κ3) is 6.62. The molecule has 0 radical (unpaired) electrons. The molecule has 12 nitrogen and oxygen atoms in total. The number of sulfone groups is 1. The molecule has 2 atom stereocenters. The number of carbonyl (C=O) groups is 2. The first-order valence-corrected chi connectivity index (χ1v) is 15.6. The normalized spacial score (nSPS) is 22.2. The van der Waals surface area contributed by atoms with E-state index in [0.29, 0.717) is 69.4 Å². The number of ether oxygens (including phenoxy) is 2. The Balaban J connectivity index is 1.26. The number of thiazole rings is 1. The number of oxime groups is 1. The summed E-state index contributed by atoms with van der Waals surface area (Å²) in [4.78, 5) is 40.3. The molecule has 0 bridgehead atoms. The zero-order valence-electron chi connectivity index (χ0n) is 22.4. The van der Waals surface area contributed by atoms with Gasteiger partial charge in [-0.05, 0) is 31.9 Å². The van der Waals surface area contributed by atoms with Gasteiger partial charge in [-0.25, -0.2) is 18.2 Å². The van der Waals surface area contributed by atoms with Crippen LogP contribution in [-0.4, -0.2) is 98.3 Å². The van der Waals surface area contributed by atoms with Crippen LogP contribution in [-0.2, 0) is 35.5 Å². The maximum atomic E-state index is 13.3. The number of carbonyl (C=O) groups excluding carboxylic acids is 2. The quantitative estimate of drug-likeness (QED) is 0.344. The van der Waals surface area contributed by atoms with Crippen molar-refractivity contribution in [2.75, 3.05) is 45.3 Å². The minimum Gasteiger partial charge on any atom is -0.453 e. The number of amides is 2. The van der Waals surface area contributed by atoms with E-state index in [1.54, 1.807) is 23.2 Å². The van der Waals surface area contributed by atoms with Crippen molar-refractivity contribution >= 4 is 44.0 Å². The molecule has 0 unspecified atom stereocenters. The van der Waals surface area contributed by atoms with Gasteiger partial charge in [0.25, 0.3) is 5.91 Å². The molecule has 3 aliphatic rings. The third-order valence-electron chi connectivity index (χ3n) is 7.15. The molecule has 2 saturated heterocycles. The van der Waals surface area contributed by atoms with Gasteiger partial charge in [-0.1, -0.05) is 17.3 Å². The molecule has 1 aromatic heterocycles. The standard InChI is InChI=1S/C26H33N5O7S2/c1-17-14-31(26(33)36-2)11-10-30(17)15-20-13-27-25(39-20)28-24(32)23(29-38-19-9-12-37-16-19)18-3-5-21(6-4-18)40(34,35)22-7-8-22/h3-6,13,17,19,22H,7-12,14-16H2,1-2H3,(H,27,28,32)/t17-,19+/m0/s1.